The number of thioether (sulfide) groups is 1. The van der Waals surface area contributed by atoms with Gasteiger partial charge < -0.3 is 10.1 Å². The highest BCUT2D eigenvalue weighted by atomic mass is 32.2. The molecule has 5 rings (SSSR count). The highest BCUT2D eigenvalue weighted by molar-refractivity contribution is 8.00. The molecule has 1 aliphatic carbocycles. The number of fused-ring (bicyclic) bond motifs is 3. The summed E-state index contributed by atoms with van der Waals surface area (Å²) in [5.74, 6) is -1.00. The number of aromatic nitrogens is 2. The molecule has 1 N–H and O–H groups in total. The highest BCUT2D eigenvalue weighted by Crippen LogP contribution is 2.40. The fourth-order valence-electron chi connectivity index (χ4n) is 4.00. The number of aryl methyl sites for hydroxylation is 2. The van der Waals surface area contributed by atoms with E-state index in [1.807, 2.05) is 0 Å². The van der Waals surface area contributed by atoms with Crippen molar-refractivity contribution in [1.82, 2.24) is 9.97 Å². The van der Waals surface area contributed by atoms with Gasteiger partial charge in [0.05, 0.1) is 12.4 Å². The minimum absolute atomic E-state index is 0.142. The molecule has 34 heavy (non-hydrogen) atoms. The number of rotatable bonds is 7. The first-order valence-electron chi connectivity index (χ1n) is 10.8. The van der Waals surface area contributed by atoms with Crippen LogP contribution in [-0.2, 0) is 22.4 Å². The third-order valence-corrected chi connectivity index (χ3v) is 8.57. The molecular formula is C24H20FN3O3S3. The summed E-state index contributed by atoms with van der Waals surface area (Å²) in [5, 5.41) is 6.92. The predicted molar refractivity (Wildman–Crippen MR) is 134 cm³/mol. The van der Waals surface area contributed by atoms with E-state index in [1.165, 1.54) is 45.7 Å². The number of nitrogens with one attached hydrogen (secondary N) is 1. The van der Waals surface area contributed by atoms with Crippen molar-refractivity contribution in [3.63, 3.8) is 0 Å². The van der Waals surface area contributed by atoms with Crippen molar-refractivity contribution < 1.29 is 18.7 Å². The minimum Gasteiger partial charge on any atom is -0.462 e. The third kappa shape index (κ3) is 4.45. The summed E-state index contributed by atoms with van der Waals surface area (Å²) in [6.07, 6.45) is 4.78. The molecule has 0 spiro atoms. The Labute approximate surface area is 207 Å². The number of carbonyl (C=O) groups is 2. The molecule has 6 nitrogen and oxygen atoms in total. The Bertz CT molecular complexity index is 1380. The van der Waals surface area contributed by atoms with Crippen LogP contribution in [0.3, 0.4) is 0 Å². The molecule has 3 aromatic heterocycles. The molecule has 0 fully saturated rings. The molecule has 0 saturated heterocycles. The van der Waals surface area contributed by atoms with Crippen LogP contribution >= 0.6 is 34.4 Å². The van der Waals surface area contributed by atoms with Gasteiger partial charge in [0.15, 0.2) is 0 Å². The van der Waals surface area contributed by atoms with Gasteiger partial charge in [0, 0.05) is 21.2 Å². The summed E-state index contributed by atoms with van der Waals surface area (Å²) in [4.78, 5) is 36.7. The van der Waals surface area contributed by atoms with Gasteiger partial charge >= 0.3 is 5.97 Å². The van der Waals surface area contributed by atoms with E-state index in [0.29, 0.717) is 16.1 Å². The highest BCUT2D eigenvalue weighted by Gasteiger charge is 2.24. The molecule has 4 aromatic rings. The first-order valence-corrected chi connectivity index (χ1v) is 13.5. The quantitative estimate of drug-likeness (QED) is 0.187. The Kier molecular flexibility index (Phi) is 6.62. The lowest BCUT2D eigenvalue weighted by atomic mass is 10.0. The maximum Gasteiger partial charge on any atom is 0.341 e. The molecule has 10 heteroatoms. The van der Waals surface area contributed by atoms with Gasteiger partial charge in [0.2, 0.25) is 5.91 Å². The third-order valence-electron chi connectivity index (χ3n) is 5.49. The van der Waals surface area contributed by atoms with Crippen LogP contribution in [-0.4, -0.2) is 34.2 Å². The molecule has 0 saturated carbocycles. The maximum atomic E-state index is 13.4. The van der Waals surface area contributed by atoms with Crippen molar-refractivity contribution in [3.8, 4) is 11.1 Å². The van der Waals surface area contributed by atoms with Crippen LogP contribution in [0.4, 0.5) is 9.39 Å². The van der Waals surface area contributed by atoms with Crippen LogP contribution in [0, 0.1) is 5.82 Å². The molecule has 0 atom stereocenters. The minimum atomic E-state index is -0.530. The Hall–Kier alpha value is -2.82. The number of hydrogen-bond donors (Lipinski definition) is 1. The second-order valence-electron chi connectivity index (χ2n) is 7.63. The van der Waals surface area contributed by atoms with Crippen molar-refractivity contribution in [3.05, 3.63) is 57.8 Å². The molecule has 1 aliphatic rings. The number of thiophene rings is 2. The molecule has 0 unspecified atom stereocenters. The smallest absolute Gasteiger partial charge is 0.341 e. The van der Waals surface area contributed by atoms with E-state index in [-0.39, 0.29) is 29.6 Å². The number of ether oxygens (including phenoxy) is 1. The number of anilines is 1. The summed E-state index contributed by atoms with van der Waals surface area (Å²) in [7, 11) is 0. The van der Waals surface area contributed by atoms with Crippen LogP contribution < -0.4 is 5.32 Å². The van der Waals surface area contributed by atoms with Crippen molar-refractivity contribution in [2.24, 2.45) is 0 Å². The van der Waals surface area contributed by atoms with Gasteiger partial charge in [-0.15, -0.1) is 22.7 Å². The van der Waals surface area contributed by atoms with E-state index in [9.17, 15) is 14.0 Å². The lowest BCUT2D eigenvalue weighted by Crippen LogP contribution is -2.16. The topological polar surface area (TPSA) is 81.2 Å². The summed E-state index contributed by atoms with van der Waals surface area (Å²) in [6.45, 7) is 1.93. The van der Waals surface area contributed by atoms with Gasteiger partial charge in [0.25, 0.3) is 0 Å². The maximum absolute atomic E-state index is 13.4. The summed E-state index contributed by atoms with van der Waals surface area (Å²) in [5.41, 5.74) is 2.86. The lowest BCUT2D eigenvalue weighted by Gasteiger charge is -2.09. The van der Waals surface area contributed by atoms with Crippen LogP contribution in [0.5, 0.6) is 0 Å². The average molecular weight is 514 g/mol. The Balaban J connectivity index is 1.36. The van der Waals surface area contributed by atoms with Crippen molar-refractivity contribution in [2.45, 2.75) is 31.2 Å². The van der Waals surface area contributed by atoms with Gasteiger partial charge in [-0.25, -0.2) is 19.2 Å². The van der Waals surface area contributed by atoms with Crippen LogP contribution in [0.2, 0.25) is 0 Å². The Morgan fingerprint density at radius 3 is 2.82 bits per heavy atom. The number of halogens is 1. The number of esters is 1. The lowest BCUT2D eigenvalue weighted by molar-refractivity contribution is -0.113. The van der Waals surface area contributed by atoms with Crippen LogP contribution in [0.25, 0.3) is 21.3 Å². The van der Waals surface area contributed by atoms with E-state index in [4.69, 9.17) is 4.74 Å². The molecule has 0 aliphatic heterocycles. The van der Waals surface area contributed by atoms with Gasteiger partial charge in [-0.1, -0.05) is 23.9 Å². The van der Waals surface area contributed by atoms with Gasteiger partial charge in [0.1, 0.15) is 32.6 Å². The van der Waals surface area contributed by atoms with Crippen molar-refractivity contribution >= 4 is 61.5 Å². The predicted octanol–water partition coefficient (Wildman–Crippen LogP) is 5.96. The number of benzene rings is 1. The second kappa shape index (κ2) is 9.81. The molecule has 0 bridgehead atoms. The normalized spacial score (nSPS) is 12.6. The molecule has 3 heterocycles. The number of nitrogens with zero attached hydrogens (tertiary/aromatic N) is 2. The number of amides is 1. The SMILES string of the molecule is CCOC(=O)c1c(-c2ccc(F)cc2)csc1NC(=O)CSc1ncnc2sc3c(c12)CCC3. The molecular weight excluding hydrogens is 493 g/mol. The summed E-state index contributed by atoms with van der Waals surface area (Å²) < 4.78 is 18.6. The average Bonchev–Trinajstić information content (AvgIpc) is 3.53. The van der Waals surface area contributed by atoms with Crippen LogP contribution in [0.1, 0.15) is 34.1 Å². The van der Waals surface area contributed by atoms with Crippen LogP contribution in [0.15, 0.2) is 41.0 Å². The fourth-order valence-corrected chi connectivity index (χ4v) is 7.10. The van der Waals surface area contributed by atoms with E-state index in [2.05, 4.69) is 15.3 Å². The molecule has 174 valence electrons. The van der Waals surface area contributed by atoms with Gasteiger partial charge in [-0.2, -0.15) is 0 Å². The zero-order valence-corrected chi connectivity index (χ0v) is 20.7. The molecule has 1 aromatic carbocycles. The number of carbonyl (C=O) groups excluding carboxylic acids is 2. The Morgan fingerprint density at radius 2 is 2.03 bits per heavy atom. The standard InChI is InChI=1S/C24H20FN3O3S3/c1-2-31-24(30)20-16(13-6-8-14(25)9-7-13)10-32-23(20)28-18(29)11-33-21-19-15-4-3-5-17(15)34-22(19)27-12-26-21/h6-10,12H,2-5,11H2,1H3,(H,28,29). The second-order valence-corrected chi connectivity index (χ2v) is 10.6. The van der Waals surface area contributed by atoms with Crippen molar-refractivity contribution in [2.75, 3.05) is 17.7 Å². The zero-order chi connectivity index (χ0) is 23.7. The largest absolute Gasteiger partial charge is 0.462 e. The zero-order valence-electron chi connectivity index (χ0n) is 18.2. The van der Waals surface area contributed by atoms with Crippen molar-refractivity contribution in [1.29, 1.82) is 0 Å². The van der Waals surface area contributed by atoms with E-state index in [1.54, 1.807) is 42.1 Å². The molecule has 0 radical (unpaired) electrons. The van der Waals surface area contributed by atoms with E-state index < -0.39 is 5.97 Å². The Morgan fingerprint density at radius 1 is 1.21 bits per heavy atom. The summed E-state index contributed by atoms with van der Waals surface area (Å²) in [6, 6.07) is 5.86. The van der Waals surface area contributed by atoms with Gasteiger partial charge in [-0.3, -0.25) is 4.79 Å². The first kappa shape index (κ1) is 22.9. The first-order chi connectivity index (χ1) is 16.5. The van der Waals surface area contributed by atoms with E-state index >= 15 is 0 Å². The monoisotopic (exact) mass is 513 g/mol. The van der Waals surface area contributed by atoms with Gasteiger partial charge in [-0.05, 0) is 49.4 Å². The summed E-state index contributed by atoms with van der Waals surface area (Å²) >= 11 is 4.32. The number of hydrogen-bond acceptors (Lipinski definition) is 8. The van der Waals surface area contributed by atoms with E-state index in [0.717, 1.165) is 34.5 Å². The molecule has 1 amide bonds. The fraction of sp³-hybridized carbons (Fsp3) is 0.250.